The van der Waals surface area contributed by atoms with E-state index in [1.54, 1.807) is 7.11 Å². The lowest BCUT2D eigenvalue weighted by molar-refractivity contribution is 0.414. The topological polar surface area (TPSA) is 70.1 Å². The van der Waals surface area contributed by atoms with E-state index < -0.39 is 0 Å². The maximum atomic E-state index is 11.8. The molecular formula is C12H12ClN3O2. The lowest BCUT2D eigenvalue weighted by Crippen LogP contribution is -2.24. The van der Waals surface area contributed by atoms with Gasteiger partial charge in [0.25, 0.3) is 5.56 Å². The molecule has 0 aliphatic rings. The van der Waals surface area contributed by atoms with Gasteiger partial charge in [-0.3, -0.25) is 9.36 Å². The third-order valence-corrected chi connectivity index (χ3v) is 2.84. The molecule has 0 aliphatic carbocycles. The Labute approximate surface area is 109 Å². The molecule has 0 unspecified atom stereocenters. The van der Waals surface area contributed by atoms with Crippen LogP contribution in [0.25, 0.3) is 0 Å². The summed E-state index contributed by atoms with van der Waals surface area (Å²) in [6.45, 7) is 0.386. The van der Waals surface area contributed by atoms with Gasteiger partial charge in [0, 0.05) is 0 Å². The summed E-state index contributed by atoms with van der Waals surface area (Å²) in [5.41, 5.74) is 6.10. The van der Waals surface area contributed by atoms with Crippen molar-refractivity contribution in [3.63, 3.8) is 0 Å². The summed E-state index contributed by atoms with van der Waals surface area (Å²) < 4.78 is 6.47. The summed E-state index contributed by atoms with van der Waals surface area (Å²) in [5, 5.41) is 0.0333. The molecule has 1 heterocycles. The average molecular weight is 266 g/mol. The minimum Gasteiger partial charge on any atom is -0.497 e. The molecule has 2 N–H and O–H groups in total. The molecule has 2 rings (SSSR count). The highest BCUT2D eigenvalue weighted by Crippen LogP contribution is 2.13. The van der Waals surface area contributed by atoms with Gasteiger partial charge in [-0.1, -0.05) is 23.7 Å². The molecule has 0 radical (unpaired) electrons. The Morgan fingerprint density at radius 1 is 1.39 bits per heavy atom. The predicted octanol–water partition coefficient (Wildman–Crippen LogP) is 1.54. The molecule has 1 aromatic heterocycles. The Kier molecular flexibility index (Phi) is 3.53. The second-order valence-electron chi connectivity index (χ2n) is 3.73. The normalized spacial score (nSPS) is 10.3. The van der Waals surface area contributed by atoms with E-state index in [0.29, 0.717) is 6.54 Å². The van der Waals surface area contributed by atoms with Gasteiger partial charge in [-0.05, 0) is 17.7 Å². The molecule has 18 heavy (non-hydrogen) atoms. The van der Waals surface area contributed by atoms with Crippen LogP contribution < -0.4 is 16.0 Å². The van der Waals surface area contributed by atoms with Crippen molar-refractivity contribution in [2.75, 3.05) is 12.8 Å². The lowest BCUT2D eigenvalue weighted by atomic mass is 10.2. The van der Waals surface area contributed by atoms with E-state index in [9.17, 15) is 4.79 Å². The van der Waals surface area contributed by atoms with Crippen LogP contribution in [0.5, 0.6) is 5.75 Å². The third-order valence-electron chi connectivity index (χ3n) is 2.54. The molecule has 2 aromatic rings. The molecule has 1 aromatic carbocycles. The number of nitrogens with two attached hydrogens (primary N) is 1. The first-order valence-corrected chi connectivity index (χ1v) is 5.63. The fourth-order valence-corrected chi connectivity index (χ4v) is 1.65. The van der Waals surface area contributed by atoms with E-state index in [0.717, 1.165) is 11.3 Å². The highest BCUT2D eigenvalue weighted by atomic mass is 35.5. The number of hydrogen-bond acceptors (Lipinski definition) is 4. The van der Waals surface area contributed by atoms with Gasteiger partial charge in [0.2, 0.25) is 0 Å². The van der Waals surface area contributed by atoms with Crippen molar-refractivity contribution in [1.82, 2.24) is 9.55 Å². The smallest absolute Gasteiger partial charge is 0.278 e. The first-order chi connectivity index (χ1) is 8.61. The Morgan fingerprint density at radius 2 is 2.06 bits per heavy atom. The highest BCUT2D eigenvalue weighted by molar-refractivity contribution is 6.31. The van der Waals surface area contributed by atoms with Crippen molar-refractivity contribution in [1.29, 1.82) is 0 Å². The number of halogens is 1. The molecule has 6 heteroatoms. The zero-order valence-corrected chi connectivity index (χ0v) is 10.5. The number of rotatable bonds is 3. The molecule has 0 amide bonds. The zero-order valence-electron chi connectivity index (χ0n) is 9.76. The van der Waals surface area contributed by atoms with Crippen LogP contribution in [-0.2, 0) is 6.54 Å². The summed E-state index contributed by atoms with van der Waals surface area (Å²) in [6, 6.07) is 7.40. The maximum absolute atomic E-state index is 11.8. The second-order valence-corrected chi connectivity index (χ2v) is 4.09. The van der Waals surface area contributed by atoms with Crippen LogP contribution in [0, 0.1) is 0 Å². The standard InChI is InChI=1S/C12H12ClN3O2/c1-18-9-4-2-8(3-5-9)6-16-7-15-11(13)10(14)12(16)17/h2-5,7H,6,14H2,1H3. The number of benzene rings is 1. The number of nitrogen functional groups attached to an aromatic ring is 1. The van der Waals surface area contributed by atoms with E-state index in [4.69, 9.17) is 22.1 Å². The molecule has 0 saturated heterocycles. The number of hydrogen-bond donors (Lipinski definition) is 1. The average Bonchev–Trinajstić information content (AvgIpc) is 2.40. The minimum absolute atomic E-state index is 0.0333. The summed E-state index contributed by atoms with van der Waals surface area (Å²) in [7, 11) is 1.60. The van der Waals surface area contributed by atoms with Crippen LogP contribution >= 0.6 is 11.6 Å². The van der Waals surface area contributed by atoms with Crippen LogP contribution in [0.2, 0.25) is 5.15 Å². The van der Waals surface area contributed by atoms with Crippen molar-refractivity contribution in [2.45, 2.75) is 6.54 Å². The van der Waals surface area contributed by atoms with Crippen LogP contribution in [0.1, 0.15) is 5.56 Å². The SMILES string of the molecule is COc1ccc(Cn2cnc(Cl)c(N)c2=O)cc1. The van der Waals surface area contributed by atoms with Crippen LogP contribution in [-0.4, -0.2) is 16.7 Å². The van der Waals surface area contributed by atoms with Crippen molar-refractivity contribution in [2.24, 2.45) is 0 Å². The number of ether oxygens (including phenoxy) is 1. The zero-order chi connectivity index (χ0) is 13.1. The Morgan fingerprint density at radius 3 is 2.67 bits per heavy atom. The maximum Gasteiger partial charge on any atom is 0.278 e. The Balaban J connectivity index is 2.28. The number of methoxy groups -OCH3 is 1. The summed E-state index contributed by atoms with van der Waals surface area (Å²) in [6.07, 6.45) is 1.38. The van der Waals surface area contributed by atoms with E-state index in [1.165, 1.54) is 10.9 Å². The van der Waals surface area contributed by atoms with E-state index >= 15 is 0 Å². The van der Waals surface area contributed by atoms with Gasteiger partial charge in [-0.2, -0.15) is 0 Å². The fourth-order valence-electron chi connectivity index (χ4n) is 1.53. The highest BCUT2D eigenvalue weighted by Gasteiger charge is 2.06. The van der Waals surface area contributed by atoms with Gasteiger partial charge in [-0.15, -0.1) is 0 Å². The lowest BCUT2D eigenvalue weighted by Gasteiger charge is -2.07. The third kappa shape index (κ3) is 2.46. The molecule has 0 bridgehead atoms. The quantitative estimate of drug-likeness (QED) is 0.855. The van der Waals surface area contributed by atoms with E-state index in [-0.39, 0.29) is 16.4 Å². The van der Waals surface area contributed by atoms with Gasteiger partial charge in [0.15, 0.2) is 5.15 Å². The van der Waals surface area contributed by atoms with Gasteiger partial charge < -0.3 is 10.5 Å². The molecule has 0 fully saturated rings. The molecular weight excluding hydrogens is 254 g/mol. The molecule has 0 atom stereocenters. The Bertz CT molecular complexity index is 608. The molecule has 0 saturated carbocycles. The summed E-state index contributed by atoms with van der Waals surface area (Å²) >= 11 is 5.66. The van der Waals surface area contributed by atoms with Crippen molar-refractivity contribution in [3.05, 3.63) is 51.7 Å². The van der Waals surface area contributed by atoms with Crippen molar-refractivity contribution < 1.29 is 4.74 Å². The summed E-state index contributed by atoms with van der Waals surface area (Å²) in [5.74, 6) is 0.764. The van der Waals surface area contributed by atoms with Gasteiger partial charge in [0.1, 0.15) is 11.4 Å². The van der Waals surface area contributed by atoms with E-state index in [1.807, 2.05) is 24.3 Å². The first kappa shape index (κ1) is 12.4. The van der Waals surface area contributed by atoms with Gasteiger partial charge in [0.05, 0.1) is 20.0 Å². The number of anilines is 1. The Hall–Kier alpha value is -2.01. The molecule has 0 aliphatic heterocycles. The van der Waals surface area contributed by atoms with Crippen molar-refractivity contribution in [3.8, 4) is 5.75 Å². The number of aromatic nitrogens is 2. The monoisotopic (exact) mass is 265 g/mol. The van der Waals surface area contributed by atoms with Gasteiger partial charge >= 0.3 is 0 Å². The van der Waals surface area contributed by atoms with Crippen LogP contribution in [0.3, 0.4) is 0 Å². The second kappa shape index (κ2) is 5.10. The summed E-state index contributed by atoms with van der Waals surface area (Å²) in [4.78, 5) is 15.7. The fraction of sp³-hybridized carbons (Fsp3) is 0.167. The molecule has 5 nitrogen and oxygen atoms in total. The minimum atomic E-state index is -0.342. The van der Waals surface area contributed by atoms with E-state index in [2.05, 4.69) is 4.98 Å². The molecule has 0 spiro atoms. The number of nitrogens with zero attached hydrogens (tertiary/aromatic N) is 2. The molecule has 94 valence electrons. The van der Waals surface area contributed by atoms with Crippen molar-refractivity contribution >= 4 is 17.3 Å². The van der Waals surface area contributed by atoms with Gasteiger partial charge in [-0.25, -0.2) is 4.98 Å². The van der Waals surface area contributed by atoms with Crippen LogP contribution in [0.15, 0.2) is 35.4 Å². The largest absolute Gasteiger partial charge is 0.497 e. The first-order valence-electron chi connectivity index (χ1n) is 5.25. The predicted molar refractivity (Wildman–Crippen MR) is 70.0 cm³/mol. The van der Waals surface area contributed by atoms with Crippen LogP contribution in [0.4, 0.5) is 5.69 Å².